The van der Waals surface area contributed by atoms with E-state index in [1.165, 1.54) is 5.56 Å². The van der Waals surface area contributed by atoms with Crippen LogP contribution < -0.4 is 0 Å². The molecule has 1 aromatic rings. The Bertz CT molecular complexity index is 467. The second-order valence-electron chi connectivity index (χ2n) is 5.00. The normalized spacial score (nSPS) is 19.3. The highest BCUT2D eigenvalue weighted by atomic mass is 16.4. The van der Waals surface area contributed by atoms with Gasteiger partial charge in [-0.2, -0.15) is 0 Å². The zero-order valence-electron chi connectivity index (χ0n) is 10.7. The molecule has 3 nitrogen and oxygen atoms in total. The molecule has 0 saturated carbocycles. The molecule has 0 saturated heterocycles. The van der Waals surface area contributed by atoms with Gasteiger partial charge in [0.2, 0.25) is 0 Å². The van der Waals surface area contributed by atoms with Gasteiger partial charge in [0.25, 0.3) is 0 Å². The van der Waals surface area contributed by atoms with Gasteiger partial charge in [-0.15, -0.1) is 6.58 Å². The van der Waals surface area contributed by atoms with Crippen LogP contribution in [0.2, 0.25) is 0 Å². The lowest BCUT2D eigenvalue weighted by Crippen LogP contribution is -2.45. The van der Waals surface area contributed by atoms with E-state index in [9.17, 15) is 9.90 Å². The summed E-state index contributed by atoms with van der Waals surface area (Å²) in [4.78, 5) is 13.4. The van der Waals surface area contributed by atoms with E-state index >= 15 is 0 Å². The minimum absolute atomic E-state index is 0.403. The highest BCUT2D eigenvalue weighted by molar-refractivity contribution is 5.74. The Kier molecular flexibility index (Phi) is 3.82. The summed E-state index contributed by atoms with van der Waals surface area (Å²) < 4.78 is 0. The van der Waals surface area contributed by atoms with Crippen LogP contribution in [0, 0.1) is 0 Å². The Morgan fingerprint density at radius 3 is 2.72 bits per heavy atom. The van der Waals surface area contributed by atoms with Crippen molar-refractivity contribution >= 4 is 5.97 Å². The molecule has 1 aliphatic rings. The zero-order valence-corrected chi connectivity index (χ0v) is 10.7. The molecule has 2 rings (SSSR count). The van der Waals surface area contributed by atoms with Gasteiger partial charge in [0.05, 0.1) is 0 Å². The van der Waals surface area contributed by atoms with Gasteiger partial charge < -0.3 is 5.11 Å². The monoisotopic (exact) mass is 245 g/mol. The molecular formula is C15H19NO2. The predicted molar refractivity (Wildman–Crippen MR) is 71.4 cm³/mol. The van der Waals surface area contributed by atoms with Crippen LogP contribution in [0.5, 0.6) is 0 Å². The minimum atomic E-state index is -0.730. The van der Waals surface area contributed by atoms with Crippen molar-refractivity contribution in [3.8, 4) is 0 Å². The van der Waals surface area contributed by atoms with Gasteiger partial charge in [0, 0.05) is 13.1 Å². The number of carbonyl (C=O) groups is 1. The van der Waals surface area contributed by atoms with Gasteiger partial charge in [0.15, 0.2) is 0 Å². The molecule has 96 valence electrons. The van der Waals surface area contributed by atoms with Crippen molar-refractivity contribution in [2.45, 2.75) is 32.4 Å². The summed E-state index contributed by atoms with van der Waals surface area (Å²) in [5, 5.41) is 9.34. The fourth-order valence-electron chi connectivity index (χ4n) is 2.39. The second-order valence-corrected chi connectivity index (χ2v) is 5.00. The number of nitrogens with zero attached hydrogens (tertiary/aromatic N) is 1. The third-order valence-electron chi connectivity index (χ3n) is 3.46. The molecule has 18 heavy (non-hydrogen) atoms. The highest BCUT2D eigenvalue weighted by Gasteiger charge is 2.30. The summed E-state index contributed by atoms with van der Waals surface area (Å²) in [6.45, 7) is 7.35. The summed E-state index contributed by atoms with van der Waals surface area (Å²) in [6.07, 6.45) is 1.45. The minimum Gasteiger partial charge on any atom is -0.480 e. The van der Waals surface area contributed by atoms with Crippen LogP contribution >= 0.6 is 0 Å². The number of fused-ring (bicyclic) bond motifs is 1. The van der Waals surface area contributed by atoms with Crippen LogP contribution in [0.1, 0.15) is 24.5 Å². The summed E-state index contributed by atoms with van der Waals surface area (Å²) in [5.74, 6) is -0.730. The van der Waals surface area contributed by atoms with Gasteiger partial charge >= 0.3 is 5.97 Å². The van der Waals surface area contributed by atoms with Crippen LogP contribution in [-0.4, -0.2) is 28.6 Å². The summed E-state index contributed by atoms with van der Waals surface area (Å²) in [7, 11) is 0. The quantitative estimate of drug-likeness (QED) is 0.828. The third kappa shape index (κ3) is 2.79. The van der Waals surface area contributed by atoms with E-state index in [1.54, 1.807) is 0 Å². The molecule has 0 aromatic heterocycles. The number of carboxylic acids is 1. The molecule has 3 heteroatoms. The van der Waals surface area contributed by atoms with Gasteiger partial charge in [-0.1, -0.05) is 29.8 Å². The molecule has 0 amide bonds. The predicted octanol–water partition coefficient (Wildman–Crippen LogP) is 2.46. The fourth-order valence-corrected chi connectivity index (χ4v) is 2.39. The number of benzene rings is 1. The molecule has 1 unspecified atom stereocenters. The van der Waals surface area contributed by atoms with Crippen molar-refractivity contribution < 1.29 is 9.90 Å². The van der Waals surface area contributed by atoms with Crippen molar-refractivity contribution in [1.29, 1.82) is 0 Å². The first-order chi connectivity index (χ1) is 8.58. The van der Waals surface area contributed by atoms with E-state index in [2.05, 4.69) is 12.6 Å². The fraction of sp³-hybridized carbons (Fsp3) is 0.400. The Balaban J connectivity index is 2.17. The number of rotatable bonds is 4. The largest absolute Gasteiger partial charge is 0.480 e. The van der Waals surface area contributed by atoms with E-state index < -0.39 is 12.0 Å². The van der Waals surface area contributed by atoms with Crippen molar-refractivity contribution in [2.75, 3.05) is 6.54 Å². The molecule has 1 N–H and O–H groups in total. The molecule has 0 radical (unpaired) electrons. The molecule has 1 atom stereocenters. The number of hydrogen-bond acceptors (Lipinski definition) is 2. The van der Waals surface area contributed by atoms with E-state index in [-0.39, 0.29) is 0 Å². The highest BCUT2D eigenvalue weighted by Crippen LogP contribution is 2.23. The van der Waals surface area contributed by atoms with Crippen LogP contribution in [0.3, 0.4) is 0 Å². The number of aliphatic carboxylic acids is 1. The SMILES string of the molecule is C=C(C)CCN1Cc2ccccc2CC1C(=O)O. The molecule has 1 heterocycles. The molecule has 1 aliphatic heterocycles. The van der Waals surface area contributed by atoms with Crippen molar-refractivity contribution in [2.24, 2.45) is 0 Å². The zero-order chi connectivity index (χ0) is 13.1. The molecule has 0 bridgehead atoms. The molecule has 0 fully saturated rings. The topological polar surface area (TPSA) is 40.5 Å². The Morgan fingerprint density at radius 2 is 2.11 bits per heavy atom. The lowest BCUT2D eigenvalue weighted by Gasteiger charge is -2.34. The summed E-state index contributed by atoms with van der Waals surface area (Å²) >= 11 is 0. The first kappa shape index (κ1) is 12.8. The smallest absolute Gasteiger partial charge is 0.321 e. The Morgan fingerprint density at radius 1 is 1.44 bits per heavy atom. The van der Waals surface area contributed by atoms with E-state index in [4.69, 9.17) is 0 Å². The van der Waals surface area contributed by atoms with Crippen LogP contribution in [0.15, 0.2) is 36.4 Å². The third-order valence-corrected chi connectivity index (χ3v) is 3.46. The maximum absolute atomic E-state index is 11.4. The van der Waals surface area contributed by atoms with Crippen molar-refractivity contribution in [3.05, 3.63) is 47.5 Å². The number of hydrogen-bond donors (Lipinski definition) is 1. The lowest BCUT2D eigenvalue weighted by atomic mass is 9.93. The van der Waals surface area contributed by atoms with E-state index in [1.807, 2.05) is 30.0 Å². The average Bonchev–Trinajstić information content (AvgIpc) is 2.35. The first-order valence-electron chi connectivity index (χ1n) is 6.26. The average molecular weight is 245 g/mol. The van der Waals surface area contributed by atoms with Gasteiger partial charge in [-0.3, -0.25) is 9.69 Å². The Hall–Kier alpha value is -1.61. The lowest BCUT2D eigenvalue weighted by molar-refractivity contribution is -0.143. The molecule has 0 spiro atoms. The van der Waals surface area contributed by atoms with E-state index in [0.29, 0.717) is 6.42 Å². The van der Waals surface area contributed by atoms with Crippen LogP contribution in [-0.2, 0) is 17.8 Å². The second kappa shape index (κ2) is 5.36. The number of carboxylic acid groups (broad SMARTS) is 1. The van der Waals surface area contributed by atoms with Gasteiger partial charge in [-0.05, 0) is 30.9 Å². The maximum atomic E-state index is 11.4. The van der Waals surface area contributed by atoms with Crippen molar-refractivity contribution in [3.63, 3.8) is 0 Å². The van der Waals surface area contributed by atoms with Crippen molar-refractivity contribution in [1.82, 2.24) is 4.90 Å². The van der Waals surface area contributed by atoms with E-state index in [0.717, 1.165) is 30.6 Å². The first-order valence-corrected chi connectivity index (χ1v) is 6.26. The maximum Gasteiger partial charge on any atom is 0.321 e. The molecule has 1 aromatic carbocycles. The summed E-state index contributed by atoms with van der Waals surface area (Å²) in [6, 6.07) is 7.69. The Labute approximate surface area is 108 Å². The molecular weight excluding hydrogens is 226 g/mol. The van der Waals surface area contributed by atoms with Gasteiger partial charge in [-0.25, -0.2) is 0 Å². The summed E-state index contributed by atoms with van der Waals surface area (Å²) in [5.41, 5.74) is 3.51. The standard InChI is InChI=1S/C15H19NO2/c1-11(2)7-8-16-10-13-6-4-3-5-12(13)9-14(16)15(17)18/h3-6,14H,1,7-10H2,2H3,(H,17,18). The molecule has 0 aliphatic carbocycles. The van der Waals surface area contributed by atoms with Crippen LogP contribution in [0.4, 0.5) is 0 Å². The van der Waals surface area contributed by atoms with Gasteiger partial charge in [0.1, 0.15) is 6.04 Å². The van der Waals surface area contributed by atoms with Crippen LogP contribution in [0.25, 0.3) is 0 Å².